The van der Waals surface area contributed by atoms with Gasteiger partial charge in [-0.05, 0) is 30.3 Å². The molecule has 1 aromatic heterocycles. The van der Waals surface area contributed by atoms with Crippen molar-refractivity contribution in [1.82, 2.24) is 10.2 Å². The largest absolute Gasteiger partial charge is 0.478 e. The fourth-order valence-electron chi connectivity index (χ4n) is 1.21. The summed E-state index contributed by atoms with van der Waals surface area (Å²) < 4.78 is 0.828. The average molecular weight is 311 g/mol. The molecule has 2 rings (SSSR count). The Morgan fingerprint density at radius 3 is 2.82 bits per heavy atom. The van der Waals surface area contributed by atoms with Gasteiger partial charge in [-0.25, -0.2) is 4.79 Å². The molecule has 0 unspecified atom stereocenters. The Morgan fingerprint density at radius 2 is 2.18 bits per heavy atom. The van der Waals surface area contributed by atoms with Crippen molar-refractivity contribution in [3.8, 4) is 0 Å². The van der Waals surface area contributed by atoms with Crippen LogP contribution in [0.25, 0.3) is 0 Å². The summed E-state index contributed by atoms with van der Waals surface area (Å²) in [6, 6.07) is 8.55. The van der Waals surface area contributed by atoms with Crippen LogP contribution in [0.4, 0.5) is 0 Å². The summed E-state index contributed by atoms with van der Waals surface area (Å²) in [7, 11) is 0. The SMILES string of the molecule is O=C(O)c1ccc(Br)cc1Sc1cccnn1. The standard InChI is InChI=1S/C11H7BrN2O2S/c12-7-3-4-8(11(15)16)9(6-7)17-10-2-1-5-13-14-10/h1-6H,(H,15,16). The first-order valence-electron chi connectivity index (χ1n) is 4.65. The Balaban J connectivity index is 2.37. The molecule has 0 spiro atoms. The van der Waals surface area contributed by atoms with Crippen LogP contribution in [0.5, 0.6) is 0 Å². The van der Waals surface area contributed by atoms with Gasteiger partial charge in [0, 0.05) is 15.6 Å². The molecule has 0 atom stereocenters. The van der Waals surface area contributed by atoms with E-state index in [0.717, 1.165) is 4.47 Å². The molecule has 86 valence electrons. The van der Waals surface area contributed by atoms with Crippen LogP contribution in [-0.2, 0) is 0 Å². The minimum Gasteiger partial charge on any atom is -0.478 e. The third kappa shape index (κ3) is 3.04. The van der Waals surface area contributed by atoms with Gasteiger partial charge in [-0.15, -0.1) is 5.10 Å². The quantitative estimate of drug-likeness (QED) is 0.944. The number of hydrogen-bond donors (Lipinski definition) is 1. The third-order valence-electron chi connectivity index (χ3n) is 1.94. The predicted molar refractivity (Wildman–Crippen MR) is 67.3 cm³/mol. The first-order chi connectivity index (χ1) is 8.16. The Labute approximate surface area is 110 Å². The van der Waals surface area contributed by atoms with Crippen molar-refractivity contribution in [2.75, 3.05) is 0 Å². The van der Waals surface area contributed by atoms with Crippen LogP contribution in [0.15, 0.2) is 50.9 Å². The minimum absolute atomic E-state index is 0.254. The van der Waals surface area contributed by atoms with Gasteiger partial charge in [-0.3, -0.25) is 0 Å². The zero-order chi connectivity index (χ0) is 12.3. The van der Waals surface area contributed by atoms with Gasteiger partial charge in [0.25, 0.3) is 0 Å². The predicted octanol–water partition coefficient (Wildman–Crippen LogP) is 3.09. The topological polar surface area (TPSA) is 63.1 Å². The molecular weight excluding hydrogens is 304 g/mol. The number of carboxylic acids is 1. The highest BCUT2D eigenvalue weighted by atomic mass is 79.9. The number of carboxylic acid groups (broad SMARTS) is 1. The van der Waals surface area contributed by atoms with Crippen LogP contribution in [0.3, 0.4) is 0 Å². The Kier molecular flexibility index (Phi) is 3.75. The molecule has 0 saturated heterocycles. The lowest BCUT2D eigenvalue weighted by Gasteiger charge is -2.05. The first-order valence-corrected chi connectivity index (χ1v) is 6.26. The average Bonchev–Trinajstić information content (AvgIpc) is 2.30. The fourth-order valence-corrected chi connectivity index (χ4v) is 2.64. The number of aromatic carboxylic acids is 1. The van der Waals surface area contributed by atoms with Crippen molar-refractivity contribution >= 4 is 33.7 Å². The third-order valence-corrected chi connectivity index (χ3v) is 3.41. The van der Waals surface area contributed by atoms with Crippen LogP contribution < -0.4 is 0 Å². The van der Waals surface area contributed by atoms with E-state index in [4.69, 9.17) is 5.11 Å². The summed E-state index contributed by atoms with van der Waals surface area (Å²) in [6.45, 7) is 0. The molecule has 0 fully saturated rings. The van der Waals surface area contributed by atoms with Gasteiger partial charge in [-0.1, -0.05) is 27.7 Å². The van der Waals surface area contributed by atoms with E-state index in [9.17, 15) is 4.79 Å². The Bertz CT molecular complexity index is 548. The van der Waals surface area contributed by atoms with E-state index in [0.29, 0.717) is 9.92 Å². The van der Waals surface area contributed by atoms with Gasteiger partial charge >= 0.3 is 5.97 Å². The summed E-state index contributed by atoms with van der Waals surface area (Å²) >= 11 is 4.59. The van der Waals surface area contributed by atoms with Crippen molar-refractivity contribution < 1.29 is 9.90 Å². The molecule has 1 heterocycles. The molecular formula is C11H7BrN2O2S. The second-order valence-electron chi connectivity index (χ2n) is 3.11. The van der Waals surface area contributed by atoms with Crippen LogP contribution >= 0.6 is 27.7 Å². The van der Waals surface area contributed by atoms with Gasteiger partial charge < -0.3 is 5.11 Å². The molecule has 0 amide bonds. The molecule has 0 aliphatic heterocycles. The van der Waals surface area contributed by atoms with Crippen molar-refractivity contribution in [2.45, 2.75) is 9.92 Å². The maximum Gasteiger partial charge on any atom is 0.336 e. The van der Waals surface area contributed by atoms with E-state index in [1.165, 1.54) is 11.8 Å². The molecule has 6 heteroatoms. The number of benzene rings is 1. The van der Waals surface area contributed by atoms with E-state index < -0.39 is 5.97 Å². The van der Waals surface area contributed by atoms with Gasteiger partial charge in [0.15, 0.2) is 0 Å². The number of nitrogens with zero attached hydrogens (tertiary/aromatic N) is 2. The van der Waals surface area contributed by atoms with E-state index >= 15 is 0 Å². The number of carbonyl (C=O) groups is 1. The Hall–Kier alpha value is -1.40. The minimum atomic E-state index is -0.955. The second-order valence-corrected chi connectivity index (χ2v) is 5.09. The number of rotatable bonds is 3. The molecule has 0 radical (unpaired) electrons. The van der Waals surface area contributed by atoms with Crippen molar-refractivity contribution in [2.24, 2.45) is 0 Å². The number of aromatic nitrogens is 2. The molecule has 1 N–H and O–H groups in total. The second kappa shape index (κ2) is 5.29. The maximum atomic E-state index is 11.1. The zero-order valence-electron chi connectivity index (χ0n) is 8.50. The lowest BCUT2D eigenvalue weighted by atomic mass is 10.2. The van der Waals surface area contributed by atoms with Crippen LogP contribution in [-0.4, -0.2) is 21.3 Å². The van der Waals surface area contributed by atoms with Crippen LogP contribution in [0.2, 0.25) is 0 Å². The highest BCUT2D eigenvalue weighted by molar-refractivity contribution is 9.10. The van der Waals surface area contributed by atoms with E-state index in [-0.39, 0.29) is 5.56 Å². The molecule has 1 aromatic carbocycles. The molecule has 0 aliphatic rings. The molecule has 0 aliphatic carbocycles. The summed E-state index contributed by atoms with van der Waals surface area (Å²) in [5, 5.41) is 17.4. The van der Waals surface area contributed by atoms with Crippen molar-refractivity contribution in [3.05, 3.63) is 46.6 Å². The molecule has 17 heavy (non-hydrogen) atoms. The van der Waals surface area contributed by atoms with Gasteiger partial charge in [-0.2, -0.15) is 5.10 Å². The molecule has 4 nitrogen and oxygen atoms in total. The summed E-state index contributed by atoms with van der Waals surface area (Å²) in [5.41, 5.74) is 0.254. The summed E-state index contributed by atoms with van der Waals surface area (Å²) in [6.07, 6.45) is 1.57. The smallest absolute Gasteiger partial charge is 0.336 e. The zero-order valence-corrected chi connectivity index (χ0v) is 10.9. The number of halogens is 1. The molecule has 0 bridgehead atoms. The van der Waals surface area contributed by atoms with Crippen LogP contribution in [0, 0.1) is 0 Å². The fraction of sp³-hybridized carbons (Fsp3) is 0. The number of hydrogen-bond acceptors (Lipinski definition) is 4. The lowest BCUT2D eigenvalue weighted by Crippen LogP contribution is -1.98. The molecule has 2 aromatic rings. The van der Waals surface area contributed by atoms with E-state index in [1.807, 2.05) is 0 Å². The molecule has 0 saturated carbocycles. The normalized spacial score (nSPS) is 10.2. The summed E-state index contributed by atoms with van der Waals surface area (Å²) in [5.74, 6) is -0.955. The van der Waals surface area contributed by atoms with Crippen LogP contribution in [0.1, 0.15) is 10.4 Å². The lowest BCUT2D eigenvalue weighted by molar-refractivity contribution is 0.0693. The maximum absolute atomic E-state index is 11.1. The first kappa shape index (κ1) is 12.1. The monoisotopic (exact) mass is 310 g/mol. The van der Waals surface area contributed by atoms with Crippen molar-refractivity contribution in [1.29, 1.82) is 0 Å². The summed E-state index contributed by atoms with van der Waals surface area (Å²) in [4.78, 5) is 11.7. The Morgan fingerprint density at radius 1 is 1.35 bits per heavy atom. The highest BCUT2D eigenvalue weighted by Crippen LogP contribution is 2.31. The highest BCUT2D eigenvalue weighted by Gasteiger charge is 2.12. The van der Waals surface area contributed by atoms with Gasteiger partial charge in [0.2, 0.25) is 0 Å². The van der Waals surface area contributed by atoms with Gasteiger partial charge in [0.05, 0.1) is 5.56 Å². The van der Waals surface area contributed by atoms with Gasteiger partial charge in [0.1, 0.15) is 5.03 Å². The van der Waals surface area contributed by atoms with E-state index in [1.54, 1.807) is 36.5 Å². The van der Waals surface area contributed by atoms with Crippen molar-refractivity contribution in [3.63, 3.8) is 0 Å². The van der Waals surface area contributed by atoms with E-state index in [2.05, 4.69) is 26.1 Å².